The van der Waals surface area contributed by atoms with Crippen molar-refractivity contribution in [1.82, 2.24) is 0 Å². The number of hydrogen-bond donors (Lipinski definition) is 1. The first-order chi connectivity index (χ1) is 13.8. The van der Waals surface area contributed by atoms with Crippen LogP contribution < -0.4 is 5.32 Å². The van der Waals surface area contributed by atoms with Gasteiger partial charge in [0.05, 0.1) is 6.04 Å². The molecule has 140 valence electrons. The van der Waals surface area contributed by atoms with Crippen LogP contribution in [0.4, 0.5) is 10.1 Å². The lowest BCUT2D eigenvalue weighted by molar-refractivity contribution is 0.425. The lowest BCUT2D eigenvalue weighted by Crippen LogP contribution is -2.29. The van der Waals surface area contributed by atoms with Crippen LogP contribution in [0.15, 0.2) is 89.8 Å². The van der Waals surface area contributed by atoms with Crippen LogP contribution in [-0.4, -0.2) is 0 Å². The van der Waals surface area contributed by atoms with E-state index in [1.807, 2.05) is 23.9 Å². The zero-order valence-electron chi connectivity index (χ0n) is 15.5. The molecular formula is C25H22FNS. The summed E-state index contributed by atoms with van der Waals surface area (Å²) in [7, 11) is 0. The number of nitrogens with one attached hydrogen (secondary N) is 1. The summed E-state index contributed by atoms with van der Waals surface area (Å²) in [6.45, 7) is 0. The summed E-state index contributed by atoms with van der Waals surface area (Å²) in [4.78, 5) is 1.30. The van der Waals surface area contributed by atoms with Crippen LogP contribution in [0.5, 0.6) is 0 Å². The largest absolute Gasteiger partial charge is 0.378 e. The first-order valence-electron chi connectivity index (χ1n) is 9.77. The maximum Gasteiger partial charge on any atom is 0.123 e. The van der Waals surface area contributed by atoms with Gasteiger partial charge in [-0.25, -0.2) is 4.39 Å². The van der Waals surface area contributed by atoms with Crippen LogP contribution >= 0.6 is 11.8 Å². The average molecular weight is 388 g/mol. The molecule has 1 aliphatic carbocycles. The number of halogens is 1. The van der Waals surface area contributed by atoms with Crippen molar-refractivity contribution in [2.45, 2.75) is 29.0 Å². The van der Waals surface area contributed by atoms with Crippen LogP contribution in [0.25, 0.3) is 0 Å². The molecule has 1 nitrogen and oxygen atoms in total. The lowest BCUT2D eigenvalue weighted by Gasteiger charge is -2.37. The number of fused-ring (bicyclic) bond motifs is 3. The summed E-state index contributed by atoms with van der Waals surface area (Å²) in [6.07, 6.45) is 5.71. The Hall–Kier alpha value is -2.52. The Kier molecular flexibility index (Phi) is 4.69. The standard InChI is InChI=1S/C25H22FNS/c26-19-12-10-18(11-13-19)25-22-8-4-7-21(22)23-15-17(9-14-24(23)27-25)16-28-20-5-2-1-3-6-20/h1-7,9-15,21-22,25,27H,8,16H2/t21-,22-,25+/m1/s1. The van der Waals surface area contributed by atoms with Gasteiger partial charge >= 0.3 is 0 Å². The zero-order valence-corrected chi connectivity index (χ0v) is 16.3. The van der Waals surface area contributed by atoms with Gasteiger partial charge in [0, 0.05) is 22.3 Å². The Morgan fingerprint density at radius 1 is 0.964 bits per heavy atom. The molecule has 5 rings (SSSR count). The van der Waals surface area contributed by atoms with Crippen LogP contribution in [0.3, 0.4) is 0 Å². The molecule has 1 N–H and O–H groups in total. The Bertz CT molecular complexity index is 997. The second-order valence-corrected chi connectivity index (χ2v) is 8.60. The number of rotatable bonds is 4. The molecule has 0 spiro atoms. The Morgan fingerprint density at radius 2 is 1.79 bits per heavy atom. The molecule has 3 aromatic carbocycles. The number of hydrogen-bond acceptors (Lipinski definition) is 2. The third kappa shape index (κ3) is 3.35. The van der Waals surface area contributed by atoms with Gasteiger partial charge in [0.15, 0.2) is 0 Å². The number of allylic oxidation sites excluding steroid dienone is 2. The molecular weight excluding hydrogens is 365 g/mol. The van der Waals surface area contributed by atoms with Crippen molar-refractivity contribution in [3.05, 3.63) is 107 Å². The van der Waals surface area contributed by atoms with Crippen molar-refractivity contribution in [1.29, 1.82) is 0 Å². The Labute approximate surface area is 169 Å². The summed E-state index contributed by atoms with van der Waals surface area (Å²) in [5, 5.41) is 3.74. The van der Waals surface area contributed by atoms with E-state index < -0.39 is 0 Å². The fourth-order valence-electron chi connectivity index (χ4n) is 4.42. The molecule has 2 aliphatic rings. The van der Waals surface area contributed by atoms with Gasteiger partial charge in [0.1, 0.15) is 5.82 Å². The van der Waals surface area contributed by atoms with Gasteiger partial charge in [-0.1, -0.05) is 54.6 Å². The minimum Gasteiger partial charge on any atom is -0.378 e. The first kappa shape index (κ1) is 17.6. The maximum absolute atomic E-state index is 13.4. The minimum atomic E-state index is -0.179. The van der Waals surface area contributed by atoms with Gasteiger partial charge in [-0.15, -0.1) is 11.8 Å². The van der Waals surface area contributed by atoms with E-state index in [0.717, 1.165) is 17.7 Å². The molecule has 0 saturated heterocycles. The predicted octanol–water partition coefficient (Wildman–Crippen LogP) is 6.94. The monoisotopic (exact) mass is 387 g/mol. The van der Waals surface area contributed by atoms with Crippen molar-refractivity contribution in [3.63, 3.8) is 0 Å². The molecule has 1 aliphatic heterocycles. The fourth-order valence-corrected chi connectivity index (χ4v) is 5.28. The SMILES string of the molecule is Fc1ccc([C@@H]2Nc3ccc(CSc4ccccc4)cc3[C@@H]3C=CC[C@H]32)cc1. The molecule has 0 radical (unpaired) electrons. The second-order valence-electron chi connectivity index (χ2n) is 7.55. The van der Waals surface area contributed by atoms with Gasteiger partial charge in [0.2, 0.25) is 0 Å². The summed E-state index contributed by atoms with van der Waals surface area (Å²) in [5.74, 6) is 1.70. The van der Waals surface area contributed by atoms with Crippen molar-refractivity contribution >= 4 is 17.4 Å². The van der Waals surface area contributed by atoms with Crippen LogP contribution in [0.2, 0.25) is 0 Å². The average Bonchev–Trinajstić information content (AvgIpc) is 3.23. The third-order valence-corrected chi connectivity index (χ3v) is 6.89. The topological polar surface area (TPSA) is 12.0 Å². The van der Waals surface area contributed by atoms with Crippen molar-refractivity contribution in [2.75, 3.05) is 5.32 Å². The van der Waals surface area contributed by atoms with Crippen LogP contribution in [0.1, 0.15) is 35.1 Å². The summed E-state index contributed by atoms with van der Waals surface area (Å²) >= 11 is 1.87. The highest BCUT2D eigenvalue weighted by atomic mass is 32.2. The number of anilines is 1. The summed E-state index contributed by atoms with van der Waals surface area (Å²) in [5.41, 5.74) is 5.11. The maximum atomic E-state index is 13.4. The number of benzene rings is 3. The van der Waals surface area contributed by atoms with E-state index >= 15 is 0 Å². The molecule has 3 aromatic rings. The molecule has 0 fully saturated rings. The fraction of sp³-hybridized carbons (Fsp3) is 0.200. The van der Waals surface area contributed by atoms with Gasteiger partial charge in [-0.05, 0) is 59.4 Å². The van der Waals surface area contributed by atoms with E-state index in [1.54, 1.807) is 12.1 Å². The number of thioether (sulfide) groups is 1. The van der Waals surface area contributed by atoms with E-state index in [0.29, 0.717) is 11.8 Å². The van der Waals surface area contributed by atoms with Crippen molar-refractivity contribution < 1.29 is 4.39 Å². The van der Waals surface area contributed by atoms with Crippen molar-refractivity contribution in [3.8, 4) is 0 Å². The van der Waals surface area contributed by atoms with Crippen LogP contribution in [-0.2, 0) is 5.75 Å². The summed E-state index contributed by atoms with van der Waals surface area (Å²) in [6, 6.07) is 24.5. The molecule has 0 saturated carbocycles. The van der Waals surface area contributed by atoms with Crippen molar-refractivity contribution in [2.24, 2.45) is 5.92 Å². The first-order valence-corrected chi connectivity index (χ1v) is 10.8. The third-order valence-electron chi connectivity index (χ3n) is 5.81. The Balaban J connectivity index is 1.41. The molecule has 28 heavy (non-hydrogen) atoms. The summed E-state index contributed by atoms with van der Waals surface area (Å²) < 4.78 is 13.4. The molecule has 0 aromatic heterocycles. The highest BCUT2D eigenvalue weighted by Gasteiger charge is 2.37. The smallest absolute Gasteiger partial charge is 0.123 e. The van der Waals surface area contributed by atoms with Gasteiger partial charge in [-0.2, -0.15) is 0 Å². The lowest BCUT2D eigenvalue weighted by atomic mass is 9.76. The minimum absolute atomic E-state index is 0.179. The predicted molar refractivity (Wildman–Crippen MR) is 115 cm³/mol. The quantitative estimate of drug-likeness (QED) is 0.384. The Morgan fingerprint density at radius 3 is 2.61 bits per heavy atom. The van der Waals surface area contributed by atoms with Gasteiger partial charge in [0.25, 0.3) is 0 Å². The van der Waals surface area contributed by atoms with E-state index in [-0.39, 0.29) is 11.9 Å². The van der Waals surface area contributed by atoms with Gasteiger partial charge in [-0.3, -0.25) is 0 Å². The van der Waals surface area contributed by atoms with E-state index in [1.165, 1.54) is 21.7 Å². The zero-order chi connectivity index (χ0) is 18.9. The second kappa shape index (κ2) is 7.48. The molecule has 0 unspecified atom stereocenters. The normalized spacial score (nSPS) is 22.4. The molecule has 0 amide bonds. The van der Waals surface area contributed by atoms with Gasteiger partial charge < -0.3 is 5.32 Å². The highest BCUT2D eigenvalue weighted by molar-refractivity contribution is 7.98. The molecule has 3 atom stereocenters. The molecule has 1 heterocycles. The highest BCUT2D eigenvalue weighted by Crippen LogP contribution is 2.50. The van der Waals surface area contributed by atoms with E-state index in [2.05, 4.69) is 66.0 Å². The van der Waals surface area contributed by atoms with Crippen LogP contribution in [0, 0.1) is 11.7 Å². The van der Waals surface area contributed by atoms with E-state index in [9.17, 15) is 4.39 Å². The molecule has 3 heteroatoms. The molecule has 0 bridgehead atoms. The van der Waals surface area contributed by atoms with E-state index in [4.69, 9.17) is 0 Å².